The zero-order valence-electron chi connectivity index (χ0n) is 17.3. The zero-order chi connectivity index (χ0) is 21.4. The van der Waals surface area contributed by atoms with Gasteiger partial charge in [0.1, 0.15) is 5.75 Å². The van der Waals surface area contributed by atoms with Gasteiger partial charge in [-0.15, -0.1) is 0 Å². The molecule has 7 nitrogen and oxygen atoms in total. The van der Waals surface area contributed by atoms with E-state index in [-0.39, 0.29) is 10.8 Å². The van der Waals surface area contributed by atoms with Gasteiger partial charge < -0.3 is 14.8 Å². The van der Waals surface area contributed by atoms with Crippen molar-refractivity contribution in [2.75, 3.05) is 32.1 Å². The fraction of sp³-hybridized carbons (Fsp3) is 0.381. The summed E-state index contributed by atoms with van der Waals surface area (Å²) in [6.07, 6.45) is 0. The van der Waals surface area contributed by atoms with Crippen molar-refractivity contribution in [2.45, 2.75) is 32.3 Å². The zero-order valence-corrected chi connectivity index (χ0v) is 18.1. The Morgan fingerprint density at radius 1 is 1.03 bits per heavy atom. The molecule has 0 aliphatic carbocycles. The molecule has 0 unspecified atom stereocenters. The molecule has 0 fully saturated rings. The number of ether oxygens (including phenoxy) is 2. The Balaban J connectivity index is 2.35. The number of sulfonamides is 1. The summed E-state index contributed by atoms with van der Waals surface area (Å²) < 4.78 is 37.7. The molecule has 0 saturated carbocycles. The van der Waals surface area contributed by atoms with Crippen LogP contribution in [-0.4, -0.2) is 45.4 Å². The second kappa shape index (κ2) is 10.4. The molecule has 0 atom stereocenters. The third kappa shape index (κ3) is 5.56. The topological polar surface area (TPSA) is 84.9 Å². The normalized spacial score (nSPS) is 11.5. The van der Waals surface area contributed by atoms with Gasteiger partial charge in [0.25, 0.3) is 5.91 Å². The lowest BCUT2D eigenvalue weighted by molar-refractivity contribution is 0.102. The summed E-state index contributed by atoms with van der Waals surface area (Å²) in [4.78, 5) is 12.8. The smallest absolute Gasteiger partial charge is 0.255 e. The van der Waals surface area contributed by atoms with E-state index in [2.05, 4.69) is 5.32 Å². The van der Waals surface area contributed by atoms with Gasteiger partial charge in [-0.1, -0.05) is 26.0 Å². The Hall–Kier alpha value is -2.42. The average Bonchev–Trinajstić information content (AvgIpc) is 2.71. The van der Waals surface area contributed by atoms with Crippen LogP contribution in [0.2, 0.25) is 0 Å². The van der Waals surface area contributed by atoms with Crippen molar-refractivity contribution in [3.8, 4) is 5.75 Å². The number of nitrogens with one attached hydrogen (secondary N) is 1. The molecule has 0 aliphatic heterocycles. The van der Waals surface area contributed by atoms with Crippen LogP contribution in [0.4, 0.5) is 5.69 Å². The molecule has 0 spiro atoms. The lowest BCUT2D eigenvalue weighted by atomic mass is 10.1. The highest BCUT2D eigenvalue weighted by Crippen LogP contribution is 2.29. The van der Waals surface area contributed by atoms with Gasteiger partial charge in [-0.25, -0.2) is 8.42 Å². The quantitative estimate of drug-likeness (QED) is 0.636. The van der Waals surface area contributed by atoms with Crippen LogP contribution in [0.5, 0.6) is 5.75 Å². The van der Waals surface area contributed by atoms with Crippen LogP contribution >= 0.6 is 0 Å². The number of carbonyl (C=O) groups excluding carboxylic acids is 1. The van der Waals surface area contributed by atoms with Gasteiger partial charge in [-0.3, -0.25) is 4.79 Å². The molecule has 0 bridgehead atoms. The molecule has 0 heterocycles. The van der Waals surface area contributed by atoms with Gasteiger partial charge in [-0.2, -0.15) is 4.31 Å². The largest absolute Gasteiger partial charge is 0.492 e. The van der Waals surface area contributed by atoms with E-state index < -0.39 is 10.0 Å². The molecule has 8 heteroatoms. The Kier molecular flexibility index (Phi) is 8.19. The molecule has 2 rings (SSSR count). The standard InChI is InChI=1S/C21H28N2O5S/c1-5-23(6-2)29(25,26)18-12-13-20(28-7-3)19(14-18)22-21(24)17-10-8-16(9-11-17)15-27-4/h8-14H,5-7,15H2,1-4H3,(H,22,24). The molecule has 2 aromatic carbocycles. The summed E-state index contributed by atoms with van der Waals surface area (Å²) in [7, 11) is -2.05. The third-order valence-corrected chi connectivity index (χ3v) is 6.42. The summed E-state index contributed by atoms with van der Waals surface area (Å²) in [5.41, 5.74) is 1.71. The Morgan fingerprint density at radius 2 is 1.69 bits per heavy atom. The molecule has 0 saturated heterocycles. The van der Waals surface area contributed by atoms with Gasteiger partial charge in [0, 0.05) is 25.8 Å². The van der Waals surface area contributed by atoms with E-state index >= 15 is 0 Å². The minimum absolute atomic E-state index is 0.107. The number of anilines is 1. The van der Waals surface area contributed by atoms with Crippen LogP contribution in [0.3, 0.4) is 0 Å². The summed E-state index contributed by atoms with van der Waals surface area (Å²) in [6.45, 7) is 6.96. The number of amides is 1. The molecule has 0 radical (unpaired) electrons. The fourth-order valence-corrected chi connectivity index (χ4v) is 4.36. The third-order valence-electron chi connectivity index (χ3n) is 4.37. The van der Waals surface area contributed by atoms with E-state index in [0.717, 1.165) is 5.56 Å². The maximum atomic E-state index is 12.8. The Labute approximate surface area is 172 Å². The molecular formula is C21H28N2O5S. The molecule has 29 heavy (non-hydrogen) atoms. The molecule has 0 aliphatic rings. The monoisotopic (exact) mass is 420 g/mol. The first-order valence-corrected chi connectivity index (χ1v) is 11.0. The molecule has 0 aromatic heterocycles. The first kappa shape index (κ1) is 22.9. The van der Waals surface area contributed by atoms with Crippen LogP contribution in [0.15, 0.2) is 47.4 Å². The second-order valence-corrected chi connectivity index (χ2v) is 8.20. The molecule has 158 valence electrons. The summed E-state index contributed by atoms with van der Waals surface area (Å²) in [5.74, 6) is 0.0580. The lowest BCUT2D eigenvalue weighted by Crippen LogP contribution is -2.30. The second-order valence-electron chi connectivity index (χ2n) is 6.26. The summed E-state index contributed by atoms with van der Waals surface area (Å²) in [5, 5.41) is 2.77. The van der Waals surface area contributed by atoms with E-state index in [1.807, 2.05) is 19.1 Å². The van der Waals surface area contributed by atoms with Crippen molar-refractivity contribution in [1.29, 1.82) is 0 Å². The SMILES string of the molecule is CCOc1ccc(S(=O)(=O)N(CC)CC)cc1NC(=O)c1ccc(COC)cc1. The number of hydrogen-bond donors (Lipinski definition) is 1. The lowest BCUT2D eigenvalue weighted by Gasteiger charge is -2.20. The van der Waals surface area contributed by atoms with Crippen LogP contribution in [0.25, 0.3) is 0 Å². The van der Waals surface area contributed by atoms with Crippen LogP contribution in [0, 0.1) is 0 Å². The van der Waals surface area contributed by atoms with E-state index in [4.69, 9.17) is 9.47 Å². The highest BCUT2D eigenvalue weighted by molar-refractivity contribution is 7.89. The number of nitrogens with zero attached hydrogens (tertiary/aromatic N) is 1. The predicted octanol–water partition coefficient (Wildman–Crippen LogP) is 3.51. The summed E-state index contributed by atoms with van der Waals surface area (Å²) >= 11 is 0. The van der Waals surface area contributed by atoms with E-state index in [0.29, 0.717) is 43.3 Å². The van der Waals surface area contributed by atoms with Crippen LogP contribution < -0.4 is 10.1 Å². The highest BCUT2D eigenvalue weighted by atomic mass is 32.2. The molecular weight excluding hydrogens is 392 g/mol. The first-order chi connectivity index (χ1) is 13.9. The number of carbonyl (C=O) groups is 1. The van der Waals surface area contributed by atoms with Crippen molar-refractivity contribution >= 4 is 21.6 Å². The van der Waals surface area contributed by atoms with Gasteiger partial charge in [-0.05, 0) is 42.8 Å². The molecule has 2 aromatic rings. The Bertz CT molecular complexity index is 923. The van der Waals surface area contributed by atoms with Gasteiger partial charge in [0.2, 0.25) is 10.0 Å². The van der Waals surface area contributed by atoms with Crippen molar-refractivity contribution in [3.63, 3.8) is 0 Å². The number of rotatable bonds is 10. The van der Waals surface area contributed by atoms with Gasteiger partial charge in [0.05, 0.1) is 23.8 Å². The van der Waals surface area contributed by atoms with Gasteiger partial charge >= 0.3 is 0 Å². The molecule has 1 N–H and O–H groups in total. The van der Waals surface area contributed by atoms with Crippen molar-refractivity contribution in [1.82, 2.24) is 4.31 Å². The molecule has 1 amide bonds. The maximum Gasteiger partial charge on any atom is 0.255 e. The average molecular weight is 421 g/mol. The highest BCUT2D eigenvalue weighted by Gasteiger charge is 2.23. The summed E-state index contributed by atoms with van der Waals surface area (Å²) in [6, 6.07) is 11.5. The van der Waals surface area contributed by atoms with E-state index in [9.17, 15) is 13.2 Å². The Morgan fingerprint density at radius 3 is 2.24 bits per heavy atom. The number of methoxy groups -OCH3 is 1. The predicted molar refractivity (Wildman–Crippen MR) is 113 cm³/mol. The number of benzene rings is 2. The van der Waals surface area contributed by atoms with Crippen molar-refractivity contribution in [2.24, 2.45) is 0 Å². The van der Waals surface area contributed by atoms with Crippen LogP contribution in [0.1, 0.15) is 36.7 Å². The fourth-order valence-electron chi connectivity index (χ4n) is 2.87. The first-order valence-electron chi connectivity index (χ1n) is 9.53. The van der Waals surface area contributed by atoms with Crippen molar-refractivity contribution in [3.05, 3.63) is 53.6 Å². The number of hydrogen-bond acceptors (Lipinski definition) is 5. The van der Waals surface area contributed by atoms with E-state index in [1.54, 1.807) is 39.2 Å². The van der Waals surface area contributed by atoms with Crippen molar-refractivity contribution < 1.29 is 22.7 Å². The van der Waals surface area contributed by atoms with E-state index in [1.165, 1.54) is 16.4 Å². The maximum absolute atomic E-state index is 12.8. The minimum atomic E-state index is -3.66. The minimum Gasteiger partial charge on any atom is -0.492 e. The van der Waals surface area contributed by atoms with Gasteiger partial charge in [0.15, 0.2) is 0 Å². The van der Waals surface area contributed by atoms with Crippen LogP contribution in [-0.2, 0) is 21.4 Å².